The van der Waals surface area contributed by atoms with Crippen molar-refractivity contribution >= 4 is 5.91 Å². The molecule has 0 aromatic rings. The van der Waals surface area contributed by atoms with Crippen LogP contribution >= 0.6 is 0 Å². The molecule has 0 unspecified atom stereocenters. The van der Waals surface area contributed by atoms with Gasteiger partial charge in [-0.15, -0.1) is 0 Å². The Morgan fingerprint density at radius 1 is 1.27 bits per heavy atom. The molecule has 0 aliphatic rings. The maximum Gasteiger partial charge on any atom is 0.243 e. The van der Waals surface area contributed by atoms with Gasteiger partial charge in [0, 0.05) is 18.7 Å². The number of allylic oxidation sites excluding steroid dienone is 1. The molecule has 0 saturated heterocycles. The maximum atomic E-state index is 10.7. The van der Waals surface area contributed by atoms with Crippen molar-refractivity contribution in [1.82, 2.24) is 10.8 Å². The molecule has 1 amide bonds. The van der Waals surface area contributed by atoms with Crippen molar-refractivity contribution in [1.29, 1.82) is 0 Å². The second-order valence-corrected chi connectivity index (χ2v) is 3.63. The molecule has 0 spiro atoms. The molecule has 3 N–H and O–H groups in total. The lowest BCUT2D eigenvalue weighted by Gasteiger charge is -2.08. The van der Waals surface area contributed by atoms with Crippen LogP contribution in [0.25, 0.3) is 0 Å². The van der Waals surface area contributed by atoms with E-state index in [2.05, 4.69) is 18.8 Å². The predicted octanol–water partition coefficient (Wildman–Crippen LogP) is 1.96. The molecular formula is C11H22N2O2. The number of rotatable bonds is 9. The average Bonchev–Trinajstić information content (AvgIpc) is 2.24. The summed E-state index contributed by atoms with van der Waals surface area (Å²) in [6.45, 7) is 7.03. The fourth-order valence-electron chi connectivity index (χ4n) is 1.21. The largest absolute Gasteiger partial charge is 0.389 e. The Kier molecular flexibility index (Phi) is 8.87. The average molecular weight is 214 g/mol. The van der Waals surface area contributed by atoms with Crippen LogP contribution in [0.3, 0.4) is 0 Å². The molecule has 0 saturated carbocycles. The van der Waals surface area contributed by atoms with Crippen molar-refractivity contribution in [3.63, 3.8) is 0 Å². The van der Waals surface area contributed by atoms with Gasteiger partial charge in [0.05, 0.1) is 0 Å². The zero-order chi connectivity index (χ0) is 11.5. The first kappa shape index (κ1) is 14.0. The molecular weight excluding hydrogens is 192 g/mol. The molecule has 0 aromatic heterocycles. The van der Waals surface area contributed by atoms with Gasteiger partial charge in [0.2, 0.25) is 5.91 Å². The van der Waals surface area contributed by atoms with E-state index in [1.54, 1.807) is 5.48 Å². The molecule has 15 heavy (non-hydrogen) atoms. The van der Waals surface area contributed by atoms with Crippen molar-refractivity contribution in [2.75, 3.05) is 6.54 Å². The summed E-state index contributed by atoms with van der Waals surface area (Å²) < 4.78 is 0. The third-order valence-electron chi connectivity index (χ3n) is 2.16. The molecule has 0 rings (SSSR count). The lowest BCUT2D eigenvalue weighted by atomic mass is 10.1. The van der Waals surface area contributed by atoms with Crippen LogP contribution < -0.4 is 10.8 Å². The lowest BCUT2D eigenvalue weighted by Crippen LogP contribution is -2.18. The van der Waals surface area contributed by atoms with Gasteiger partial charge in [-0.05, 0) is 25.7 Å². The van der Waals surface area contributed by atoms with Gasteiger partial charge in [-0.3, -0.25) is 10.0 Å². The number of carbonyl (C=O) groups excluding carboxylic acids is 1. The molecule has 0 heterocycles. The molecule has 0 aromatic carbocycles. The van der Waals surface area contributed by atoms with Gasteiger partial charge >= 0.3 is 0 Å². The zero-order valence-electron chi connectivity index (χ0n) is 9.51. The summed E-state index contributed by atoms with van der Waals surface area (Å²) in [5.74, 6) is -0.320. The topological polar surface area (TPSA) is 61.4 Å². The van der Waals surface area contributed by atoms with E-state index in [9.17, 15) is 4.79 Å². The van der Waals surface area contributed by atoms with Crippen LogP contribution in [0.5, 0.6) is 0 Å². The first-order valence-electron chi connectivity index (χ1n) is 5.55. The summed E-state index contributed by atoms with van der Waals surface area (Å²) in [5, 5.41) is 11.5. The fourth-order valence-corrected chi connectivity index (χ4v) is 1.21. The predicted molar refractivity (Wildman–Crippen MR) is 60.4 cm³/mol. The van der Waals surface area contributed by atoms with E-state index in [1.807, 2.05) is 0 Å². The number of carbonyl (C=O) groups is 1. The van der Waals surface area contributed by atoms with Gasteiger partial charge in [-0.1, -0.05) is 19.9 Å². The van der Waals surface area contributed by atoms with E-state index < -0.39 is 0 Å². The summed E-state index contributed by atoms with van der Waals surface area (Å²) >= 11 is 0. The highest BCUT2D eigenvalue weighted by molar-refractivity contribution is 5.74. The molecule has 88 valence electrons. The van der Waals surface area contributed by atoms with Crippen molar-refractivity contribution in [2.45, 2.75) is 45.4 Å². The highest BCUT2D eigenvalue weighted by Gasteiger charge is 1.99. The summed E-state index contributed by atoms with van der Waals surface area (Å²) in [4.78, 5) is 10.7. The second kappa shape index (κ2) is 9.52. The van der Waals surface area contributed by atoms with E-state index >= 15 is 0 Å². The molecule has 4 heteroatoms. The van der Waals surface area contributed by atoms with Gasteiger partial charge in [-0.25, -0.2) is 5.48 Å². The van der Waals surface area contributed by atoms with Crippen LogP contribution in [0, 0.1) is 0 Å². The number of hydrogen-bond acceptors (Lipinski definition) is 3. The van der Waals surface area contributed by atoms with Crippen LogP contribution in [-0.2, 0) is 4.79 Å². The Bertz CT molecular complexity index is 193. The number of amides is 1. The Morgan fingerprint density at radius 3 is 2.53 bits per heavy atom. The maximum absolute atomic E-state index is 10.7. The SMILES string of the molecule is C=C(CCCCC(=O)NO)NCCCC. The molecule has 0 aliphatic carbocycles. The molecule has 0 radical (unpaired) electrons. The Balaban J connectivity index is 3.27. The van der Waals surface area contributed by atoms with E-state index in [0.717, 1.165) is 37.9 Å². The van der Waals surface area contributed by atoms with Crippen LogP contribution in [0.15, 0.2) is 12.3 Å². The Morgan fingerprint density at radius 2 is 1.93 bits per heavy atom. The van der Waals surface area contributed by atoms with Crippen LogP contribution in [0.2, 0.25) is 0 Å². The van der Waals surface area contributed by atoms with Gasteiger partial charge in [0.15, 0.2) is 0 Å². The minimum absolute atomic E-state index is 0.320. The molecule has 0 bridgehead atoms. The summed E-state index contributed by atoms with van der Waals surface area (Å²) in [6.07, 6.45) is 5.30. The first-order chi connectivity index (χ1) is 7.20. The molecule has 0 atom stereocenters. The van der Waals surface area contributed by atoms with Crippen molar-refractivity contribution in [3.8, 4) is 0 Å². The van der Waals surface area contributed by atoms with Crippen LogP contribution in [0.1, 0.15) is 45.4 Å². The number of hydroxylamine groups is 1. The van der Waals surface area contributed by atoms with E-state index in [0.29, 0.717) is 6.42 Å². The van der Waals surface area contributed by atoms with Crippen molar-refractivity contribution in [2.24, 2.45) is 0 Å². The van der Waals surface area contributed by atoms with Crippen molar-refractivity contribution < 1.29 is 10.0 Å². The van der Waals surface area contributed by atoms with Gasteiger partial charge in [-0.2, -0.15) is 0 Å². The standard InChI is InChI=1S/C11H22N2O2/c1-3-4-9-12-10(2)7-5-6-8-11(14)13-15/h12,15H,2-9H2,1H3,(H,13,14). The third kappa shape index (κ3) is 9.28. The van der Waals surface area contributed by atoms with E-state index in [1.165, 1.54) is 6.42 Å². The third-order valence-corrected chi connectivity index (χ3v) is 2.16. The highest BCUT2D eigenvalue weighted by atomic mass is 16.5. The molecule has 4 nitrogen and oxygen atoms in total. The minimum Gasteiger partial charge on any atom is -0.389 e. The lowest BCUT2D eigenvalue weighted by molar-refractivity contribution is -0.129. The molecule has 0 fully saturated rings. The van der Waals surface area contributed by atoms with Gasteiger partial charge < -0.3 is 5.32 Å². The zero-order valence-corrected chi connectivity index (χ0v) is 9.51. The summed E-state index contributed by atoms with van der Waals surface area (Å²) in [5.41, 5.74) is 2.65. The summed E-state index contributed by atoms with van der Waals surface area (Å²) in [7, 11) is 0. The molecule has 0 aliphatic heterocycles. The Labute approximate surface area is 91.7 Å². The smallest absolute Gasteiger partial charge is 0.243 e. The normalized spacial score (nSPS) is 9.73. The monoisotopic (exact) mass is 214 g/mol. The van der Waals surface area contributed by atoms with Crippen molar-refractivity contribution in [3.05, 3.63) is 12.3 Å². The van der Waals surface area contributed by atoms with Crippen LogP contribution in [0.4, 0.5) is 0 Å². The van der Waals surface area contributed by atoms with Gasteiger partial charge in [0.25, 0.3) is 0 Å². The number of hydrogen-bond donors (Lipinski definition) is 3. The van der Waals surface area contributed by atoms with E-state index in [-0.39, 0.29) is 5.91 Å². The number of nitrogens with one attached hydrogen (secondary N) is 2. The fraction of sp³-hybridized carbons (Fsp3) is 0.727. The summed E-state index contributed by atoms with van der Waals surface area (Å²) in [6, 6.07) is 0. The number of unbranched alkanes of at least 4 members (excludes halogenated alkanes) is 2. The van der Waals surface area contributed by atoms with Gasteiger partial charge in [0.1, 0.15) is 0 Å². The Hall–Kier alpha value is -1.03. The second-order valence-electron chi connectivity index (χ2n) is 3.63. The highest BCUT2D eigenvalue weighted by Crippen LogP contribution is 2.04. The minimum atomic E-state index is -0.320. The first-order valence-corrected chi connectivity index (χ1v) is 5.55. The van der Waals surface area contributed by atoms with Crippen LogP contribution in [-0.4, -0.2) is 17.7 Å². The van der Waals surface area contributed by atoms with E-state index in [4.69, 9.17) is 5.21 Å². The quantitative estimate of drug-likeness (QED) is 0.312.